The van der Waals surface area contributed by atoms with E-state index in [1.54, 1.807) is 0 Å². The van der Waals surface area contributed by atoms with Gasteiger partial charge in [-0.2, -0.15) is 0 Å². The summed E-state index contributed by atoms with van der Waals surface area (Å²) in [5, 5.41) is 29.4. The van der Waals surface area contributed by atoms with Gasteiger partial charge in [-0.1, -0.05) is 291 Å². The van der Waals surface area contributed by atoms with Gasteiger partial charge in [0.05, 0.1) is 12.8 Å². The summed E-state index contributed by atoms with van der Waals surface area (Å²) >= 11 is 0. The summed E-state index contributed by atoms with van der Waals surface area (Å²) in [6, 6.07) is 84.4. The molecule has 0 aromatic heterocycles. The number of allylic oxidation sites excluding steroid dienone is 8. The van der Waals surface area contributed by atoms with Crippen molar-refractivity contribution in [2.24, 2.45) is 0 Å². The van der Waals surface area contributed by atoms with Crippen LogP contribution in [0.1, 0.15) is 12.8 Å². The topological polar surface area (TPSA) is 74.6 Å². The van der Waals surface area contributed by atoms with Gasteiger partial charge >= 0.3 is 11.9 Å². The van der Waals surface area contributed by atoms with Crippen LogP contribution in [0.5, 0.6) is 0 Å². The normalized spacial score (nSPS) is 18.7. The van der Waals surface area contributed by atoms with Crippen molar-refractivity contribution in [1.29, 1.82) is 0 Å². The molecule has 2 N–H and O–H groups in total. The fraction of sp³-hybridized carbons (Fsp3) is 0.0938. The predicted octanol–water partition coefficient (Wildman–Crippen LogP) is 11.9. The molecular weight excluding hydrogens is 1020 g/mol. The van der Waals surface area contributed by atoms with Gasteiger partial charge in [-0.3, -0.25) is 9.59 Å². The van der Waals surface area contributed by atoms with Gasteiger partial charge in [0.1, 0.15) is 0 Å². The van der Waals surface area contributed by atoms with Crippen molar-refractivity contribution in [1.82, 2.24) is 0 Å². The van der Waals surface area contributed by atoms with Crippen molar-refractivity contribution < 1.29 is 36.9 Å². The van der Waals surface area contributed by atoms with Gasteiger partial charge < -0.3 is 10.2 Å². The standard InChI is InChI=1S/2C32H28O2P2.Cu/c2*33-31(34)25-32(36(28-19-9-3-10-20-28)29-21-11-4-12-22-29)24-14-13-23-30(32)35(26-15-5-1-6-16-26)27-17-7-2-8-18-27;/h2*1-24,30H,25H2,(H,33,34);. The molecule has 4 unspecified atom stereocenters. The number of carboxylic acids is 2. The largest absolute Gasteiger partial charge is 0.481 e. The average molecular weight is 1080 g/mol. The smallest absolute Gasteiger partial charge is 0.304 e. The molecule has 73 heavy (non-hydrogen) atoms. The van der Waals surface area contributed by atoms with Gasteiger partial charge in [-0.05, 0) is 74.1 Å². The second-order valence-electron chi connectivity index (χ2n) is 17.6. The van der Waals surface area contributed by atoms with E-state index in [4.69, 9.17) is 0 Å². The Morgan fingerprint density at radius 2 is 0.534 bits per heavy atom. The van der Waals surface area contributed by atoms with E-state index >= 15 is 0 Å². The van der Waals surface area contributed by atoms with Crippen LogP contribution in [-0.2, 0) is 26.7 Å². The third-order valence-electron chi connectivity index (χ3n) is 13.1. The molecule has 2 aliphatic rings. The van der Waals surface area contributed by atoms with E-state index in [9.17, 15) is 19.8 Å². The molecule has 10 rings (SSSR count). The molecule has 0 aliphatic heterocycles. The SMILES string of the molecule is O=C(O)CC1(P(c2ccccc2)c2ccccc2)C=CC=CC1P(c1ccccc1)c1ccccc1.O=C(O)CC1(P(c2ccccc2)c2ccccc2)C=CC=CC1P(c1ccccc1)c1ccccc1.[Cu]. The van der Waals surface area contributed by atoms with Crippen LogP contribution in [0, 0.1) is 0 Å². The molecule has 8 aromatic carbocycles. The van der Waals surface area contributed by atoms with Crippen LogP contribution in [0.15, 0.2) is 291 Å². The van der Waals surface area contributed by atoms with Gasteiger partial charge in [-0.15, -0.1) is 0 Å². The molecule has 0 saturated carbocycles. The minimum absolute atomic E-state index is 0. The molecule has 8 aromatic rings. The fourth-order valence-corrected chi connectivity index (χ4v) is 23.4. The summed E-state index contributed by atoms with van der Waals surface area (Å²) in [5.41, 5.74) is 0.00912. The molecule has 9 heteroatoms. The molecular formula is C64H56CuO4P4. The maximum Gasteiger partial charge on any atom is 0.304 e. The maximum atomic E-state index is 12.6. The van der Waals surface area contributed by atoms with Crippen LogP contribution in [0.3, 0.4) is 0 Å². The Morgan fingerprint density at radius 1 is 0.329 bits per heavy atom. The van der Waals surface area contributed by atoms with Crippen molar-refractivity contribution in [3.63, 3.8) is 0 Å². The number of carbonyl (C=O) groups is 2. The third-order valence-corrected chi connectivity index (χ3v) is 25.4. The first-order chi connectivity index (χ1) is 35.4. The van der Waals surface area contributed by atoms with E-state index in [2.05, 4.69) is 243 Å². The Labute approximate surface area is 445 Å². The zero-order valence-electron chi connectivity index (χ0n) is 40.1. The van der Waals surface area contributed by atoms with E-state index in [-0.39, 0.29) is 41.2 Å². The average Bonchev–Trinajstić information content (AvgIpc) is 3.42. The second-order valence-corrected chi connectivity index (χ2v) is 27.3. The van der Waals surface area contributed by atoms with Crippen LogP contribution < -0.4 is 42.4 Å². The fourth-order valence-electron chi connectivity index (χ4n) is 10.2. The van der Waals surface area contributed by atoms with Crippen LogP contribution in [0.2, 0.25) is 0 Å². The Morgan fingerprint density at radius 3 is 0.740 bits per heavy atom. The van der Waals surface area contributed by atoms with Gasteiger partial charge in [0.15, 0.2) is 0 Å². The molecule has 0 amide bonds. The molecule has 0 heterocycles. The van der Waals surface area contributed by atoms with Gasteiger partial charge in [0, 0.05) is 38.7 Å². The van der Waals surface area contributed by atoms with Gasteiger partial charge in [-0.25, -0.2) is 0 Å². The van der Waals surface area contributed by atoms with E-state index in [0.29, 0.717) is 0 Å². The Hall–Kier alpha value is -6.10. The summed E-state index contributed by atoms with van der Waals surface area (Å²) in [5.74, 6) is -1.54. The molecule has 2 aliphatic carbocycles. The zero-order valence-corrected chi connectivity index (χ0v) is 44.6. The van der Waals surface area contributed by atoms with Gasteiger partial charge in [0.2, 0.25) is 0 Å². The molecule has 0 fully saturated rings. The maximum absolute atomic E-state index is 12.6. The van der Waals surface area contributed by atoms with Crippen LogP contribution in [0.25, 0.3) is 0 Å². The summed E-state index contributed by atoms with van der Waals surface area (Å²) in [6.07, 6.45) is 17.4. The van der Waals surface area contributed by atoms with E-state index in [0.717, 1.165) is 0 Å². The molecule has 0 bridgehead atoms. The number of hydrogen-bond donors (Lipinski definition) is 2. The van der Waals surface area contributed by atoms with E-state index < -0.39 is 53.9 Å². The van der Waals surface area contributed by atoms with E-state index in [1.165, 1.54) is 42.4 Å². The molecule has 4 atom stereocenters. The van der Waals surface area contributed by atoms with Crippen LogP contribution in [0.4, 0.5) is 0 Å². The van der Waals surface area contributed by atoms with Crippen molar-refractivity contribution in [2.75, 3.05) is 0 Å². The Balaban J connectivity index is 0.000000192. The minimum atomic E-state index is -1.04. The summed E-state index contributed by atoms with van der Waals surface area (Å²) < 4.78 is 0. The number of hydrogen-bond acceptors (Lipinski definition) is 2. The van der Waals surface area contributed by atoms with Crippen molar-refractivity contribution in [3.05, 3.63) is 291 Å². The quantitative estimate of drug-likeness (QED) is 0.0747. The zero-order chi connectivity index (χ0) is 49.6. The Kier molecular flexibility index (Phi) is 18.7. The number of rotatable bonds is 16. The molecule has 367 valence electrons. The summed E-state index contributed by atoms with van der Waals surface area (Å²) in [4.78, 5) is 25.3. The number of carboxylic acid groups (broad SMARTS) is 2. The first kappa shape index (κ1) is 53.2. The van der Waals surface area contributed by atoms with Crippen LogP contribution in [-0.4, -0.2) is 43.8 Å². The number of aliphatic carboxylic acids is 2. The molecule has 0 saturated heterocycles. The van der Waals surface area contributed by atoms with Crippen LogP contribution >= 0.6 is 31.7 Å². The third kappa shape index (κ3) is 12.3. The van der Waals surface area contributed by atoms with E-state index in [1.807, 2.05) is 48.5 Å². The van der Waals surface area contributed by atoms with Crippen molar-refractivity contribution in [2.45, 2.75) is 34.5 Å². The predicted molar refractivity (Wildman–Crippen MR) is 310 cm³/mol. The van der Waals surface area contributed by atoms with Gasteiger partial charge in [0.25, 0.3) is 0 Å². The minimum Gasteiger partial charge on any atom is -0.481 e. The monoisotopic (exact) mass is 1080 g/mol. The number of benzene rings is 8. The summed E-state index contributed by atoms with van der Waals surface area (Å²) in [7, 11) is -3.85. The molecule has 4 nitrogen and oxygen atoms in total. The molecule has 0 spiro atoms. The summed E-state index contributed by atoms with van der Waals surface area (Å²) in [6.45, 7) is 0. The first-order valence-electron chi connectivity index (χ1n) is 24.1. The van der Waals surface area contributed by atoms with Crippen molar-refractivity contribution >= 4 is 86.1 Å². The Bertz CT molecular complexity index is 2740. The second kappa shape index (κ2) is 25.7. The first-order valence-corrected chi connectivity index (χ1v) is 29.6. The molecule has 1 radical (unpaired) electrons. The van der Waals surface area contributed by atoms with Crippen molar-refractivity contribution in [3.8, 4) is 0 Å².